The largest absolute Gasteiger partial charge is 0.399 e. The van der Waals surface area contributed by atoms with Crippen LogP contribution in [0.5, 0.6) is 0 Å². The van der Waals surface area contributed by atoms with Crippen molar-refractivity contribution < 1.29 is 4.79 Å². The maximum Gasteiger partial charge on any atom is 0.259 e. The molecule has 0 aliphatic heterocycles. The Morgan fingerprint density at radius 3 is 2.45 bits per heavy atom. The first-order valence-electron chi connectivity index (χ1n) is 6.30. The topological polar surface area (TPSA) is 46.3 Å². The van der Waals surface area contributed by atoms with Crippen LogP contribution in [0.1, 0.15) is 21.5 Å². The van der Waals surface area contributed by atoms with E-state index in [2.05, 4.69) is 0 Å². The lowest BCUT2D eigenvalue weighted by Crippen LogP contribution is -2.27. The number of hydrogen-bond donors (Lipinski definition) is 1. The van der Waals surface area contributed by atoms with E-state index < -0.39 is 0 Å². The molecule has 2 rings (SSSR count). The van der Waals surface area contributed by atoms with Gasteiger partial charge in [0.05, 0.1) is 10.6 Å². The molecule has 2 aromatic rings. The normalized spacial score (nSPS) is 10.4. The predicted molar refractivity (Wildman–Crippen MR) is 84.5 cm³/mol. The van der Waals surface area contributed by atoms with Crippen molar-refractivity contribution in [3.05, 3.63) is 58.1 Å². The summed E-state index contributed by atoms with van der Waals surface area (Å²) < 4.78 is 0. The third-order valence-corrected chi connectivity index (χ3v) is 3.55. The van der Waals surface area contributed by atoms with E-state index in [1.54, 1.807) is 30.1 Å². The van der Waals surface area contributed by atoms with Gasteiger partial charge in [-0.15, -0.1) is 0 Å². The van der Waals surface area contributed by atoms with Gasteiger partial charge in [-0.1, -0.05) is 29.3 Å². The van der Waals surface area contributed by atoms with Gasteiger partial charge in [0, 0.05) is 18.4 Å². The summed E-state index contributed by atoms with van der Waals surface area (Å²) in [6.45, 7) is 4.01. The van der Waals surface area contributed by atoms with E-state index in [1.165, 1.54) is 0 Å². The van der Waals surface area contributed by atoms with Gasteiger partial charge in [-0.2, -0.15) is 0 Å². The molecule has 3 nitrogen and oxygen atoms in total. The lowest BCUT2D eigenvalue weighted by Gasteiger charge is -2.20. The molecule has 0 saturated heterocycles. The van der Waals surface area contributed by atoms with E-state index in [-0.39, 0.29) is 5.91 Å². The first-order valence-corrected chi connectivity index (χ1v) is 6.68. The lowest BCUT2D eigenvalue weighted by atomic mass is 10.1. The van der Waals surface area contributed by atoms with Gasteiger partial charge in [0.1, 0.15) is 0 Å². The van der Waals surface area contributed by atoms with Gasteiger partial charge in [-0.05, 0) is 43.7 Å². The highest BCUT2D eigenvalue weighted by atomic mass is 35.5. The molecule has 1 amide bonds. The van der Waals surface area contributed by atoms with E-state index >= 15 is 0 Å². The number of benzene rings is 2. The monoisotopic (exact) mass is 288 g/mol. The molecule has 0 heterocycles. The summed E-state index contributed by atoms with van der Waals surface area (Å²) in [6.07, 6.45) is 0. The van der Waals surface area contributed by atoms with Gasteiger partial charge in [0.25, 0.3) is 5.91 Å². The van der Waals surface area contributed by atoms with E-state index in [0.29, 0.717) is 16.3 Å². The Kier molecular flexibility index (Phi) is 4.00. The molecule has 0 aromatic heterocycles. The predicted octanol–water partition coefficient (Wildman–Crippen LogP) is 3.82. The summed E-state index contributed by atoms with van der Waals surface area (Å²) in [6, 6.07) is 10.9. The van der Waals surface area contributed by atoms with Gasteiger partial charge >= 0.3 is 0 Å². The summed E-state index contributed by atoms with van der Waals surface area (Å²) in [5.41, 5.74) is 9.72. The highest BCUT2D eigenvalue weighted by Gasteiger charge is 2.17. The maximum absolute atomic E-state index is 12.5. The summed E-state index contributed by atoms with van der Waals surface area (Å²) in [7, 11) is 1.74. The van der Waals surface area contributed by atoms with Crippen LogP contribution < -0.4 is 10.6 Å². The van der Waals surface area contributed by atoms with Crippen LogP contribution in [0.25, 0.3) is 0 Å². The smallest absolute Gasteiger partial charge is 0.259 e. The second kappa shape index (κ2) is 5.55. The highest BCUT2D eigenvalue weighted by molar-refractivity contribution is 6.34. The molecule has 0 fully saturated rings. The molecule has 0 aliphatic rings. The van der Waals surface area contributed by atoms with Crippen LogP contribution in [0.3, 0.4) is 0 Å². The van der Waals surface area contributed by atoms with Gasteiger partial charge < -0.3 is 10.6 Å². The molecule has 0 radical (unpaired) electrons. The number of nitrogen functional groups attached to an aromatic ring is 1. The van der Waals surface area contributed by atoms with Crippen LogP contribution in [0.4, 0.5) is 11.4 Å². The molecule has 104 valence electrons. The number of halogens is 1. The Bertz CT molecular complexity index is 668. The van der Waals surface area contributed by atoms with Crippen LogP contribution in [-0.2, 0) is 0 Å². The minimum Gasteiger partial charge on any atom is -0.399 e. The van der Waals surface area contributed by atoms with E-state index in [0.717, 1.165) is 16.8 Å². The number of anilines is 2. The van der Waals surface area contributed by atoms with E-state index in [1.807, 2.05) is 32.0 Å². The van der Waals surface area contributed by atoms with Crippen molar-refractivity contribution >= 4 is 28.9 Å². The number of nitrogens with two attached hydrogens (primary N) is 1. The van der Waals surface area contributed by atoms with Crippen molar-refractivity contribution in [3.8, 4) is 0 Å². The molecule has 0 unspecified atom stereocenters. The van der Waals surface area contributed by atoms with E-state index in [4.69, 9.17) is 17.3 Å². The zero-order valence-electron chi connectivity index (χ0n) is 11.8. The van der Waals surface area contributed by atoms with Crippen molar-refractivity contribution in [2.24, 2.45) is 0 Å². The van der Waals surface area contributed by atoms with Crippen molar-refractivity contribution in [2.75, 3.05) is 17.7 Å². The Balaban J connectivity index is 2.37. The second-order valence-corrected chi connectivity index (χ2v) is 5.30. The minimum atomic E-state index is -0.151. The Morgan fingerprint density at radius 1 is 1.15 bits per heavy atom. The summed E-state index contributed by atoms with van der Waals surface area (Å²) in [5, 5.41) is 0.367. The summed E-state index contributed by atoms with van der Waals surface area (Å²) in [4.78, 5) is 14.1. The lowest BCUT2D eigenvalue weighted by molar-refractivity contribution is 0.0993. The Labute approximate surface area is 124 Å². The second-order valence-electron chi connectivity index (χ2n) is 4.89. The third-order valence-electron chi connectivity index (χ3n) is 3.24. The number of carbonyl (C=O) groups is 1. The molecule has 4 heteroatoms. The number of aryl methyl sites for hydroxylation is 2. The number of amides is 1. The highest BCUT2D eigenvalue weighted by Crippen LogP contribution is 2.25. The van der Waals surface area contributed by atoms with Gasteiger partial charge in [0.2, 0.25) is 0 Å². The van der Waals surface area contributed by atoms with Crippen LogP contribution in [0.15, 0.2) is 36.4 Å². The molecular formula is C16H17ClN2O. The van der Waals surface area contributed by atoms with Crippen molar-refractivity contribution in [3.63, 3.8) is 0 Å². The quantitative estimate of drug-likeness (QED) is 0.854. The van der Waals surface area contributed by atoms with E-state index in [9.17, 15) is 4.79 Å². The fourth-order valence-corrected chi connectivity index (χ4v) is 2.45. The fraction of sp³-hybridized carbons (Fsp3) is 0.188. The van der Waals surface area contributed by atoms with Crippen LogP contribution >= 0.6 is 11.6 Å². The Hall–Kier alpha value is -2.00. The maximum atomic E-state index is 12.5. The fourth-order valence-electron chi connectivity index (χ4n) is 2.18. The van der Waals surface area contributed by atoms with Gasteiger partial charge in [0.15, 0.2) is 0 Å². The molecule has 0 atom stereocenters. The molecule has 2 aromatic carbocycles. The molecule has 0 spiro atoms. The average molecular weight is 289 g/mol. The van der Waals surface area contributed by atoms with Crippen LogP contribution in [0.2, 0.25) is 5.02 Å². The molecule has 20 heavy (non-hydrogen) atoms. The van der Waals surface area contributed by atoms with Gasteiger partial charge in [-0.3, -0.25) is 4.79 Å². The van der Waals surface area contributed by atoms with Crippen molar-refractivity contribution in [1.29, 1.82) is 0 Å². The number of nitrogens with zero attached hydrogens (tertiary/aromatic N) is 1. The van der Waals surface area contributed by atoms with Crippen LogP contribution in [0, 0.1) is 13.8 Å². The number of rotatable bonds is 2. The van der Waals surface area contributed by atoms with Crippen molar-refractivity contribution in [1.82, 2.24) is 0 Å². The minimum absolute atomic E-state index is 0.151. The standard InChI is InChI=1S/C16H17ClN2O/c1-10-4-7-15(11(2)8-10)19(3)16(20)13-6-5-12(18)9-14(13)17/h4-9H,18H2,1-3H3. The first kappa shape index (κ1) is 14.4. The van der Waals surface area contributed by atoms with Crippen LogP contribution in [-0.4, -0.2) is 13.0 Å². The third kappa shape index (κ3) is 2.78. The SMILES string of the molecule is Cc1ccc(N(C)C(=O)c2ccc(N)cc2Cl)c(C)c1. The zero-order chi connectivity index (χ0) is 14.9. The molecule has 2 N–H and O–H groups in total. The zero-order valence-corrected chi connectivity index (χ0v) is 12.5. The first-order chi connectivity index (χ1) is 9.40. The molecule has 0 aliphatic carbocycles. The summed E-state index contributed by atoms with van der Waals surface area (Å²) >= 11 is 6.09. The average Bonchev–Trinajstić information content (AvgIpc) is 2.37. The number of hydrogen-bond acceptors (Lipinski definition) is 2. The summed E-state index contributed by atoms with van der Waals surface area (Å²) in [5.74, 6) is -0.151. The number of carbonyl (C=O) groups excluding carboxylic acids is 1. The Morgan fingerprint density at radius 2 is 1.85 bits per heavy atom. The molecule has 0 bridgehead atoms. The molecule has 0 saturated carbocycles. The van der Waals surface area contributed by atoms with Crippen molar-refractivity contribution in [2.45, 2.75) is 13.8 Å². The molecular weight excluding hydrogens is 272 g/mol. The van der Waals surface area contributed by atoms with Gasteiger partial charge in [-0.25, -0.2) is 0 Å².